The molecule has 2 amide bonds. The molecule has 2 saturated heterocycles. The normalized spacial score (nSPS) is 19.4. The van der Waals surface area contributed by atoms with Gasteiger partial charge in [-0.1, -0.05) is 6.07 Å². The summed E-state index contributed by atoms with van der Waals surface area (Å²) in [5, 5.41) is 2.93. The molecule has 9 nitrogen and oxygen atoms in total. The van der Waals surface area contributed by atoms with Crippen molar-refractivity contribution in [1.82, 2.24) is 15.0 Å². The van der Waals surface area contributed by atoms with Gasteiger partial charge in [-0.05, 0) is 42.8 Å². The Hall–Kier alpha value is -3.72. The van der Waals surface area contributed by atoms with Crippen molar-refractivity contribution < 1.29 is 9.53 Å². The zero-order valence-electron chi connectivity index (χ0n) is 18.2. The summed E-state index contributed by atoms with van der Waals surface area (Å²) >= 11 is 0. The van der Waals surface area contributed by atoms with Gasteiger partial charge in [0.15, 0.2) is 5.82 Å². The Labute approximate surface area is 192 Å². The fraction of sp³-hybridized carbons (Fsp3) is 0.333. The summed E-state index contributed by atoms with van der Waals surface area (Å²) in [5.41, 5.74) is 2.71. The zero-order chi connectivity index (χ0) is 22.2. The van der Waals surface area contributed by atoms with E-state index in [1.165, 1.54) is 0 Å². The van der Waals surface area contributed by atoms with E-state index in [4.69, 9.17) is 9.72 Å². The highest BCUT2D eigenvalue weighted by molar-refractivity contribution is 6.04. The van der Waals surface area contributed by atoms with E-state index in [9.17, 15) is 4.79 Å². The minimum Gasteiger partial charge on any atom is -0.378 e. The summed E-state index contributed by atoms with van der Waals surface area (Å²) in [7, 11) is 0. The summed E-state index contributed by atoms with van der Waals surface area (Å²) in [6, 6.07) is 13.5. The molecule has 6 heterocycles. The van der Waals surface area contributed by atoms with Crippen LogP contribution in [0.25, 0.3) is 11.3 Å². The van der Waals surface area contributed by atoms with Crippen LogP contribution < -0.4 is 20.0 Å². The third kappa shape index (κ3) is 3.74. The predicted molar refractivity (Wildman–Crippen MR) is 127 cm³/mol. The fourth-order valence-electron chi connectivity index (χ4n) is 4.76. The Bertz CT molecular complexity index is 1150. The van der Waals surface area contributed by atoms with Crippen molar-refractivity contribution in [2.24, 2.45) is 0 Å². The number of anilines is 4. The highest BCUT2D eigenvalue weighted by Gasteiger charge is 2.40. The van der Waals surface area contributed by atoms with Crippen molar-refractivity contribution in [3.8, 4) is 11.3 Å². The van der Waals surface area contributed by atoms with Crippen molar-refractivity contribution in [2.45, 2.75) is 12.5 Å². The highest BCUT2D eigenvalue weighted by Crippen LogP contribution is 2.40. The van der Waals surface area contributed by atoms with Crippen molar-refractivity contribution in [1.29, 1.82) is 0 Å². The van der Waals surface area contributed by atoms with Crippen molar-refractivity contribution in [3.63, 3.8) is 0 Å². The van der Waals surface area contributed by atoms with Crippen molar-refractivity contribution in [2.75, 3.05) is 59.4 Å². The Morgan fingerprint density at radius 2 is 1.91 bits per heavy atom. The van der Waals surface area contributed by atoms with Crippen LogP contribution in [0, 0.1) is 0 Å². The lowest BCUT2D eigenvalue weighted by Crippen LogP contribution is -2.48. The van der Waals surface area contributed by atoms with Gasteiger partial charge in [0.05, 0.1) is 30.6 Å². The van der Waals surface area contributed by atoms with Gasteiger partial charge in [0, 0.05) is 44.1 Å². The van der Waals surface area contributed by atoms with Crippen LogP contribution in [-0.4, -0.2) is 66.4 Å². The van der Waals surface area contributed by atoms with Gasteiger partial charge in [-0.3, -0.25) is 10.2 Å². The van der Waals surface area contributed by atoms with E-state index in [2.05, 4.69) is 31.2 Å². The number of hydrogen-bond acceptors (Lipinski definition) is 7. The van der Waals surface area contributed by atoms with E-state index >= 15 is 0 Å². The van der Waals surface area contributed by atoms with E-state index in [0.29, 0.717) is 11.6 Å². The Morgan fingerprint density at radius 3 is 2.70 bits per heavy atom. The molecule has 1 N–H and O–H groups in total. The number of carbonyl (C=O) groups is 1. The number of rotatable bonds is 3. The molecule has 2 bridgehead atoms. The molecule has 0 spiro atoms. The first-order chi connectivity index (χ1) is 16.3. The van der Waals surface area contributed by atoms with Crippen LogP contribution in [0.3, 0.4) is 0 Å². The number of fused-ring (bicyclic) bond motifs is 4. The topological polar surface area (TPSA) is 86.7 Å². The maximum atomic E-state index is 13.3. The zero-order valence-corrected chi connectivity index (χ0v) is 18.2. The standard InChI is InChI=1S/C24H25N7O2/c32-24(28-21-3-1-2-9-25-21)31-18-8-10-30(16-18)20-6-5-19(27-23(20)31)17-4-7-22(26-15-17)29-11-13-33-14-12-29/h1-7,9,15,18H,8,10-14,16H2,(H,25,28,32)/t18-/m0/s1. The van der Waals surface area contributed by atoms with Crippen LogP contribution in [0.15, 0.2) is 54.9 Å². The van der Waals surface area contributed by atoms with Gasteiger partial charge >= 0.3 is 6.03 Å². The van der Waals surface area contributed by atoms with E-state index in [0.717, 1.165) is 68.6 Å². The average Bonchev–Trinajstić information content (AvgIpc) is 3.29. The third-order valence-corrected chi connectivity index (χ3v) is 6.45. The molecule has 0 radical (unpaired) electrons. The average molecular weight is 444 g/mol. The maximum absolute atomic E-state index is 13.3. The Kier molecular flexibility index (Phi) is 5.03. The summed E-state index contributed by atoms with van der Waals surface area (Å²) in [5.74, 6) is 2.16. The quantitative estimate of drug-likeness (QED) is 0.666. The van der Waals surface area contributed by atoms with Crippen molar-refractivity contribution in [3.05, 3.63) is 54.9 Å². The number of aromatic nitrogens is 3. The largest absolute Gasteiger partial charge is 0.378 e. The van der Waals surface area contributed by atoms with E-state index in [1.54, 1.807) is 17.2 Å². The molecule has 0 saturated carbocycles. The molecule has 9 heteroatoms. The van der Waals surface area contributed by atoms with E-state index < -0.39 is 0 Å². The molecule has 6 rings (SSSR count). The smallest absolute Gasteiger partial charge is 0.329 e. The summed E-state index contributed by atoms with van der Waals surface area (Å²) < 4.78 is 5.43. The highest BCUT2D eigenvalue weighted by atomic mass is 16.5. The van der Waals surface area contributed by atoms with Gasteiger partial charge in [0.1, 0.15) is 11.6 Å². The molecule has 3 aliphatic rings. The van der Waals surface area contributed by atoms with Gasteiger partial charge < -0.3 is 14.5 Å². The summed E-state index contributed by atoms with van der Waals surface area (Å²) in [4.78, 5) is 33.4. The number of nitrogens with zero attached hydrogens (tertiary/aromatic N) is 6. The van der Waals surface area contributed by atoms with Crippen LogP contribution in [0.4, 0.5) is 27.9 Å². The Balaban J connectivity index is 1.30. The number of morpholine rings is 1. The number of ether oxygens (including phenoxy) is 1. The molecular weight excluding hydrogens is 418 g/mol. The summed E-state index contributed by atoms with van der Waals surface area (Å²) in [6.45, 7) is 4.89. The van der Waals surface area contributed by atoms with E-state index in [-0.39, 0.29) is 12.1 Å². The number of carbonyl (C=O) groups excluding carboxylic acids is 1. The molecule has 168 valence electrons. The molecule has 0 aliphatic carbocycles. The minimum absolute atomic E-state index is 0.0887. The number of hydrogen-bond donors (Lipinski definition) is 1. The molecule has 0 unspecified atom stereocenters. The first kappa shape index (κ1) is 19.9. The fourth-order valence-corrected chi connectivity index (χ4v) is 4.76. The SMILES string of the molecule is O=C(Nc1ccccn1)N1c2nc(-c3ccc(N4CCOCC4)nc3)ccc2N2CC[C@H]1C2. The molecule has 3 aromatic rings. The van der Waals surface area contributed by atoms with Gasteiger partial charge in [-0.15, -0.1) is 0 Å². The molecule has 33 heavy (non-hydrogen) atoms. The number of amides is 2. The molecule has 1 atom stereocenters. The lowest BCUT2D eigenvalue weighted by Gasteiger charge is -2.35. The second kappa shape index (κ2) is 8.32. The van der Waals surface area contributed by atoms with Gasteiger partial charge in [0.25, 0.3) is 0 Å². The van der Waals surface area contributed by atoms with Crippen LogP contribution in [-0.2, 0) is 4.74 Å². The first-order valence-corrected chi connectivity index (χ1v) is 11.3. The third-order valence-electron chi connectivity index (χ3n) is 6.45. The molecule has 3 aliphatic heterocycles. The lowest BCUT2D eigenvalue weighted by molar-refractivity contribution is 0.122. The lowest BCUT2D eigenvalue weighted by atomic mass is 10.1. The van der Waals surface area contributed by atoms with E-state index in [1.807, 2.05) is 36.5 Å². The molecule has 3 aromatic heterocycles. The second-order valence-corrected chi connectivity index (χ2v) is 8.45. The minimum atomic E-state index is -0.202. The number of pyridine rings is 3. The first-order valence-electron chi connectivity index (χ1n) is 11.3. The second-order valence-electron chi connectivity index (χ2n) is 8.45. The van der Waals surface area contributed by atoms with Gasteiger partial charge in [-0.25, -0.2) is 19.7 Å². The van der Waals surface area contributed by atoms with Crippen molar-refractivity contribution >= 4 is 29.2 Å². The van der Waals surface area contributed by atoms with Gasteiger partial charge in [0.2, 0.25) is 0 Å². The monoisotopic (exact) mass is 443 g/mol. The number of nitrogens with one attached hydrogen (secondary N) is 1. The number of urea groups is 1. The predicted octanol–water partition coefficient (Wildman–Crippen LogP) is 3.01. The van der Waals surface area contributed by atoms with Crippen LogP contribution in [0.5, 0.6) is 0 Å². The van der Waals surface area contributed by atoms with Crippen LogP contribution in [0.1, 0.15) is 6.42 Å². The van der Waals surface area contributed by atoms with Crippen LogP contribution >= 0.6 is 0 Å². The van der Waals surface area contributed by atoms with Gasteiger partial charge in [-0.2, -0.15) is 0 Å². The molecular formula is C24H25N7O2. The molecule has 2 fully saturated rings. The summed E-state index contributed by atoms with van der Waals surface area (Å²) in [6.07, 6.45) is 4.44. The molecule has 0 aromatic carbocycles. The maximum Gasteiger partial charge on any atom is 0.329 e. The van der Waals surface area contributed by atoms with Crippen LogP contribution in [0.2, 0.25) is 0 Å². The Morgan fingerprint density at radius 1 is 1.00 bits per heavy atom.